The van der Waals surface area contributed by atoms with Crippen LogP contribution in [0.15, 0.2) is 30.9 Å². The van der Waals surface area contributed by atoms with Gasteiger partial charge in [0.2, 0.25) is 0 Å². The van der Waals surface area contributed by atoms with Crippen LogP contribution in [0.3, 0.4) is 0 Å². The van der Waals surface area contributed by atoms with Gasteiger partial charge in [-0.3, -0.25) is 4.79 Å². The molecule has 0 fully saturated rings. The molecule has 0 saturated heterocycles. The van der Waals surface area contributed by atoms with Crippen LogP contribution in [0, 0.1) is 5.41 Å². The van der Waals surface area contributed by atoms with E-state index in [4.69, 9.17) is 4.74 Å². The highest BCUT2D eigenvalue weighted by Crippen LogP contribution is 2.26. The molecule has 98 valence electrons. The number of hydrogen-bond acceptors (Lipinski definition) is 3. The predicted molar refractivity (Wildman–Crippen MR) is 71.5 cm³/mol. The van der Waals surface area contributed by atoms with E-state index in [2.05, 4.69) is 6.58 Å². The third-order valence-corrected chi connectivity index (χ3v) is 2.89. The van der Waals surface area contributed by atoms with Crippen molar-refractivity contribution in [3.63, 3.8) is 0 Å². The number of methoxy groups -OCH3 is 1. The second kappa shape index (κ2) is 5.71. The fourth-order valence-corrected chi connectivity index (χ4v) is 1.93. The second-order valence-corrected chi connectivity index (χ2v) is 5.01. The van der Waals surface area contributed by atoms with Crippen molar-refractivity contribution in [3.05, 3.63) is 42.0 Å². The van der Waals surface area contributed by atoms with Gasteiger partial charge < -0.3 is 9.84 Å². The molecule has 0 aliphatic rings. The summed E-state index contributed by atoms with van der Waals surface area (Å²) < 4.78 is 4.78. The van der Waals surface area contributed by atoms with Crippen LogP contribution < -0.4 is 0 Å². The van der Waals surface area contributed by atoms with Gasteiger partial charge in [-0.15, -0.1) is 6.58 Å². The Morgan fingerprint density at radius 2 is 2.17 bits per heavy atom. The maximum atomic E-state index is 11.6. The molecule has 3 nitrogen and oxygen atoms in total. The Labute approximate surface area is 108 Å². The van der Waals surface area contributed by atoms with Gasteiger partial charge in [0.15, 0.2) is 0 Å². The van der Waals surface area contributed by atoms with E-state index in [1.54, 1.807) is 12.1 Å². The topological polar surface area (TPSA) is 46.5 Å². The minimum absolute atomic E-state index is 0.235. The van der Waals surface area contributed by atoms with Gasteiger partial charge in [-0.25, -0.2) is 0 Å². The van der Waals surface area contributed by atoms with E-state index in [0.29, 0.717) is 12.8 Å². The molecule has 0 aliphatic carbocycles. The van der Waals surface area contributed by atoms with Crippen LogP contribution >= 0.6 is 0 Å². The Morgan fingerprint density at radius 3 is 2.72 bits per heavy atom. The van der Waals surface area contributed by atoms with Gasteiger partial charge in [-0.1, -0.05) is 18.2 Å². The lowest BCUT2D eigenvalue weighted by molar-refractivity contribution is -0.150. The van der Waals surface area contributed by atoms with Gasteiger partial charge in [0.25, 0.3) is 0 Å². The Balaban J connectivity index is 2.94. The lowest BCUT2D eigenvalue weighted by Gasteiger charge is -2.21. The van der Waals surface area contributed by atoms with Crippen LogP contribution in [-0.2, 0) is 22.4 Å². The van der Waals surface area contributed by atoms with Crippen LogP contribution in [0.1, 0.15) is 25.0 Å². The molecular weight excluding hydrogens is 228 g/mol. The third-order valence-electron chi connectivity index (χ3n) is 2.89. The first-order chi connectivity index (χ1) is 8.40. The molecule has 1 rings (SSSR count). The number of rotatable bonds is 5. The Bertz CT molecular complexity index is 447. The van der Waals surface area contributed by atoms with E-state index in [1.807, 2.05) is 26.0 Å². The van der Waals surface area contributed by atoms with Gasteiger partial charge in [-0.05, 0) is 43.9 Å². The second-order valence-electron chi connectivity index (χ2n) is 5.01. The van der Waals surface area contributed by atoms with Gasteiger partial charge in [0.05, 0.1) is 12.5 Å². The summed E-state index contributed by atoms with van der Waals surface area (Å²) in [5.41, 5.74) is 1.25. The normalized spacial score (nSPS) is 11.1. The van der Waals surface area contributed by atoms with Crippen molar-refractivity contribution < 1.29 is 14.6 Å². The first-order valence-electron chi connectivity index (χ1n) is 5.91. The van der Waals surface area contributed by atoms with Crippen molar-refractivity contribution in [2.24, 2.45) is 5.41 Å². The minimum Gasteiger partial charge on any atom is -0.508 e. The molecule has 0 bridgehead atoms. The summed E-state index contributed by atoms with van der Waals surface area (Å²) in [4.78, 5) is 11.6. The zero-order valence-corrected chi connectivity index (χ0v) is 11.2. The zero-order valence-electron chi connectivity index (χ0n) is 11.2. The molecule has 1 aromatic rings. The maximum Gasteiger partial charge on any atom is 0.311 e. The van der Waals surface area contributed by atoms with Gasteiger partial charge in [0.1, 0.15) is 5.75 Å². The van der Waals surface area contributed by atoms with Crippen LogP contribution in [0.2, 0.25) is 0 Å². The fourth-order valence-electron chi connectivity index (χ4n) is 1.93. The number of aromatic hydroxyl groups is 1. The molecule has 0 unspecified atom stereocenters. The number of phenols is 1. The SMILES string of the molecule is C=CCc1cc(CC(C)(C)C(=O)OC)ccc1O. The summed E-state index contributed by atoms with van der Waals surface area (Å²) in [6, 6.07) is 5.38. The lowest BCUT2D eigenvalue weighted by Crippen LogP contribution is -2.28. The van der Waals surface area contributed by atoms with Gasteiger partial charge >= 0.3 is 5.97 Å². The molecule has 1 aromatic carbocycles. The number of phenolic OH excluding ortho intramolecular Hbond substituents is 1. The standard InChI is InChI=1S/C15H20O3/c1-5-6-12-9-11(7-8-13(12)16)10-15(2,3)14(17)18-4/h5,7-9,16H,1,6,10H2,2-4H3. The van der Waals surface area contributed by atoms with E-state index in [0.717, 1.165) is 11.1 Å². The van der Waals surface area contributed by atoms with Crippen LogP contribution in [-0.4, -0.2) is 18.2 Å². The average Bonchev–Trinajstić information content (AvgIpc) is 2.32. The van der Waals surface area contributed by atoms with Crippen molar-refractivity contribution >= 4 is 5.97 Å². The number of carbonyl (C=O) groups excluding carboxylic acids is 1. The van der Waals surface area contributed by atoms with E-state index in [1.165, 1.54) is 7.11 Å². The van der Waals surface area contributed by atoms with Crippen molar-refractivity contribution in [1.29, 1.82) is 0 Å². The Kier molecular flexibility index (Phi) is 4.54. The molecule has 3 heteroatoms. The number of esters is 1. The summed E-state index contributed by atoms with van der Waals surface area (Å²) >= 11 is 0. The molecule has 0 heterocycles. The molecule has 0 saturated carbocycles. The van der Waals surface area contributed by atoms with Crippen LogP contribution in [0.4, 0.5) is 0 Å². The van der Waals surface area contributed by atoms with E-state index in [9.17, 15) is 9.90 Å². The van der Waals surface area contributed by atoms with Crippen molar-refractivity contribution in [2.75, 3.05) is 7.11 Å². The average molecular weight is 248 g/mol. The van der Waals surface area contributed by atoms with Crippen LogP contribution in [0.25, 0.3) is 0 Å². The number of hydrogen-bond donors (Lipinski definition) is 1. The fraction of sp³-hybridized carbons (Fsp3) is 0.400. The molecular formula is C15H20O3. The van der Waals surface area contributed by atoms with E-state index >= 15 is 0 Å². The lowest BCUT2D eigenvalue weighted by atomic mass is 9.85. The largest absolute Gasteiger partial charge is 0.508 e. The number of benzene rings is 1. The monoisotopic (exact) mass is 248 g/mol. The highest BCUT2D eigenvalue weighted by Gasteiger charge is 2.29. The van der Waals surface area contributed by atoms with Gasteiger partial charge in [-0.2, -0.15) is 0 Å². The number of ether oxygens (including phenoxy) is 1. The number of carbonyl (C=O) groups is 1. The summed E-state index contributed by atoms with van der Waals surface area (Å²) in [5.74, 6) is 0.0235. The molecule has 0 spiro atoms. The summed E-state index contributed by atoms with van der Waals surface area (Å²) in [6.07, 6.45) is 2.92. The Hall–Kier alpha value is -1.77. The van der Waals surface area contributed by atoms with Crippen molar-refractivity contribution in [3.8, 4) is 5.75 Å². The van der Waals surface area contributed by atoms with E-state index in [-0.39, 0.29) is 11.7 Å². The summed E-state index contributed by atoms with van der Waals surface area (Å²) in [6.45, 7) is 7.35. The molecule has 0 amide bonds. The first kappa shape index (κ1) is 14.3. The quantitative estimate of drug-likeness (QED) is 0.644. The predicted octanol–water partition coefficient (Wildman–Crippen LogP) is 2.86. The summed E-state index contributed by atoms with van der Waals surface area (Å²) in [7, 11) is 1.39. The first-order valence-corrected chi connectivity index (χ1v) is 5.91. The third kappa shape index (κ3) is 3.36. The Morgan fingerprint density at radius 1 is 1.50 bits per heavy atom. The smallest absolute Gasteiger partial charge is 0.311 e. The number of allylic oxidation sites excluding steroid dienone is 1. The maximum absolute atomic E-state index is 11.6. The van der Waals surface area contributed by atoms with E-state index < -0.39 is 5.41 Å². The van der Waals surface area contributed by atoms with Crippen LogP contribution in [0.5, 0.6) is 5.75 Å². The molecule has 18 heavy (non-hydrogen) atoms. The summed E-state index contributed by atoms with van der Waals surface area (Å²) in [5, 5.41) is 9.68. The van der Waals surface area contributed by atoms with Gasteiger partial charge in [0, 0.05) is 0 Å². The molecule has 0 atom stereocenters. The van der Waals surface area contributed by atoms with Crippen molar-refractivity contribution in [1.82, 2.24) is 0 Å². The van der Waals surface area contributed by atoms with Crippen molar-refractivity contribution in [2.45, 2.75) is 26.7 Å². The molecule has 0 aromatic heterocycles. The molecule has 0 aliphatic heterocycles. The minimum atomic E-state index is -0.572. The molecule has 1 N–H and O–H groups in total. The molecule has 0 radical (unpaired) electrons. The highest BCUT2D eigenvalue weighted by molar-refractivity contribution is 5.76. The highest BCUT2D eigenvalue weighted by atomic mass is 16.5. The zero-order chi connectivity index (χ0) is 13.8.